The van der Waals surface area contributed by atoms with Crippen LogP contribution in [-0.2, 0) is 10.0 Å². The van der Waals surface area contributed by atoms with Gasteiger partial charge in [0.25, 0.3) is 15.9 Å². The maximum Gasteiger partial charge on any atom is 0.266 e. The Labute approximate surface area is 179 Å². The van der Waals surface area contributed by atoms with Gasteiger partial charge in [0.15, 0.2) is 0 Å². The van der Waals surface area contributed by atoms with Crippen molar-refractivity contribution in [3.8, 4) is 5.69 Å². The predicted molar refractivity (Wildman–Crippen MR) is 117 cm³/mol. The lowest BCUT2D eigenvalue weighted by Gasteiger charge is -2.11. The minimum absolute atomic E-state index is 0.0272. The molecule has 0 atom stereocenters. The number of sulfonamides is 1. The zero-order valence-electron chi connectivity index (χ0n) is 16.3. The standard InChI is InChI=1S/C22H18ClN3O3S/c1-14-11-20(15(2)26(14)18-7-4-6-17(23)12-18)22(27)25-30(28,29)21-8-3-5-16-13-24-10-9-19(16)21/h3-13H,1-2H3,(H,25,27). The summed E-state index contributed by atoms with van der Waals surface area (Å²) in [5.74, 6) is -0.692. The molecule has 1 amide bonds. The van der Waals surface area contributed by atoms with Gasteiger partial charge < -0.3 is 4.57 Å². The Balaban J connectivity index is 1.71. The van der Waals surface area contributed by atoms with Crippen molar-refractivity contribution in [3.63, 3.8) is 0 Å². The lowest BCUT2D eigenvalue weighted by Crippen LogP contribution is -2.31. The third kappa shape index (κ3) is 3.58. The second kappa shape index (κ2) is 7.59. The molecule has 4 aromatic rings. The minimum Gasteiger partial charge on any atom is -0.318 e. The fourth-order valence-corrected chi connectivity index (χ4v) is 4.95. The SMILES string of the molecule is Cc1cc(C(=O)NS(=O)(=O)c2cccc3cnccc23)c(C)n1-c1cccc(Cl)c1. The first-order valence-electron chi connectivity index (χ1n) is 9.13. The number of aromatic nitrogens is 2. The Morgan fingerprint density at radius 2 is 1.83 bits per heavy atom. The van der Waals surface area contributed by atoms with E-state index in [0.29, 0.717) is 21.5 Å². The molecule has 0 unspecified atom stereocenters. The number of halogens is 1. The number of hydrogen-bond acceptors (Lipinski definition) is 4. The first kappa shape index (κ1) is 20.1. The molecule has 0 spiro atoms. The van der Waals surface area contributed by atoms with E-state index in [1.54, 1.807) is 49.5 Å². The van der Waals surface area contributed by atoms with Gasteiger partial charge in [-0.3, -0.25) is 9.78 Å². The van der Waals surface area contributed by atoms with Gasteiger partial charge in [0.1, 0.15) is 0 Å². The summed E-state index contributed by atoms with van der Waals surface area (Å²) in [5.41, 5.74) is 2.47. The molecule has 1 N–H and O–H groups in total. The fraction of sp³-hybridized carbons (Fsp3) is 0.0909. The van der Waals surface area contributed by atoms with Crippen LogP contribution in [0.4, 0.5) is 0 Å². The minimum atomic E-state index is -4.08. The summed E-state index contributed by atoms with van der Waals surface area (Å²) < 4.78 is 30.0. The molecule has 0 aliphatic carbocycles. The lowest BCUT2D eigenvalue weighted by molar-refractivity contribution is 0.0981. The second-order valence-corrected chi connectivity index (χ2v) is 8.97. The van der Waals surface area contributed by atoms with Gasteiger partial charge in [-0.25, -0.2) is 13.1 Å². The van der Waals surface area contributed by atoms with E-state index in [4.69, 9.17) is 11.6 Å². The van der Waals surface area contributed by atoms with Crippen LogP contribution < -0.4 is 4.72 Å². The molecule has 0 radical (unpaired) electrons. The Hall–Kier alpha value is -3.16. The smallest absolute Gasteiger partial charge is 0.266 e. The number of carbonyl (C=O) groups is 1. The van der Waals surface area contributed by atoms with Crippen molar-refractivity contribution in [2.75, 3.05) is 0 Å². The maximum absolute atomic E-state index is 13.0. The molecular formula is C22H18ClN3O3S. The van der Waals surface area contributed by atoms with E-state index in [-0.39, 0.29) is 10.5 Å². The summed E-state index contributed by atoms with van der Waals surface area (Å²) in [5, 5.41) is 1.74. The van der Waals surface area contributed by atoms with E-state index in [1.807, 2.05) is 23.6 Å². The second-order valence-electron chi connectivity index (χ2n) is 6.89. The number of hydrogen-bond donors (Lipinski definition) is 1. The van der Waals surface area contributed by atoms with E-state index in [0.717, 1.165) is 11.4 Å². The van der Waals surface area contributed by atoms with Crippen molar-refractivity contribution < 1.29 is 13.2 Å². The maximum atomic E-state index is 13.0. The van der Waals surface area contributed by atoms with Crippen molar-refractivity contribution in [2.45, 2.75) is 18.7 Å². The normalized spacial score (nSPS) is 11.6. The number of carbonyl (C=O) groups excluding carboxylic acids is 1. The Morgan fingerprint density at radius 3 is 2.60 bits per heavy atom. The van der Waals surface area contributed by atoms with Crippen LogP contribution in [0.5, 0.6) is 0 Å². The Morgan fingerprint density at radius 1 is 1.07 bits per heavy atom. The molecule has 2 aromatic carbocycles. The Kier molecular flexibility index (Phi) is 5.09. The van der Waals surface area contributed by atoms with Crippen LogP contribution in [0.2, 0.25) is 5.02 Å². The highest BCUT2D eigenvalue weighted by atomic mass is 35.5. The van der Waals surface area contributed by atoms with Crippen LogP contribution in [0.25, 0.3) is 16.5 Å². The van der Waals surface area contributed by atoms with Gasteiger partial charge in [-0.1, -0.05) is 29.8 Å². The van der Waals surface area contributed by atoms with Crippen LogP contribution in [0.3, 0.4) is 0 Å². The number of amides is 1. The van der Waals surface area contributed by atoms with E-state index < -0.39 is 15.9 Å². The van der Waals surface area contributed by atoms with Crippen LogP contribution in [0.15, 0.2) is 71.9 Å². The molecule has 2 heterocycles. The zero-order chi connectivity index (χ0) is 21.5. The summed E-state index contributed by atoms with van der Waals surface area (Å²) in [4.78, 5) is 16.9. The number of fused-ring (bicyclic) bond motifs is 1. The highest BCUT2D eigenvalue weighted by Crippen LogP contribution is 2.25. The van der Waals surface area contributed by atoms with Crippen molar-refractivity contribution in [2.24, 2.45) is 0 Å². The van der Waals surface area contributed by atoms with Crippen LogP contribution >= 0.6 is 11.6 Å². The van der Waals surface area contributed by atoms with Gasteiger partial charge >= 0.3 is 0 Å². The van der Waals surface area contributed by atoms with Crippen molar-refractivity contribution in [3.05, 3.63) is 89.0 Å². The topological polar surface area (TPSA) is 81.1 Å². The summed E-state index contributed by atoms with van der Waals surface area (Å²) in [7, 11) is -4.08. The quantitative estimate of drug-likeness (QED) is 0.510. The van der Waals surface area contributed by atoms with Gasteiger partial charge in [0.2, 0.25) is 0 Å². The molecule has 8 heteroatoms. The highest BCUT2D eigenvalue weighted by molar-refractivity contribution is 7.90. The first-order valence-corrected chi connectivity index (χ1v) is 11.0. The van der Waals surface area contributed by atoms with Crippen LogP contribution in [0, 0.1) is 13.8 Å². The molecular weight excluding hydrogens is 422 g/mol. The molecule has 30 heavy (non-hydrogen) atoms. The fourth-order valence-electron chi connectivity index (χ4n) is 3.56. The van der Waals surface area contributed by atoms with Crippen molar-refractivity contribution in [1.29, 1.82) is 0 Å². The highest BCUT2D eigenvalue weighted by Gasteiger charge is 2.24. The Bertz CT molecular complexity index is 1390. The number of rotatable bonds is 4. The molecule has 0 aliphatic rings. The van der Waals surface area contributed by atoms with Gasteiger partial charge in [0.05, 0.1) is 10.5 Å². The van der Waals surface area contributed by atoms with E-state index in [1.165, 1.54) is 12.3 Å². The molecule has 0 fully saturated rings. The van der Waals surface area contributed by atoms with Gasteiger partial charge in [-0.15, -0.1) is 0 Å². The molecule has 6 nitrogen and oxygen atoms in total. The average molecular weight is 440 g/mol. The average Bonchev–Trinajstić information content (AvgIpc) is 3.01. The van der Waals surface area contributed by atoms with E-state index >= 15 is 0 Å². The number of aryl methyl sites for hydroxylation is 1. The number of nitrogens with zero attached hydrogens (tertiary/aromatic N) is 2. The summed E-state index contributed by atoms with van der Waals surface area (Å²) in [6.45, 7) is 3.61. The third-order valence-corrected chi connectivity index (χ3v) is 6.52. The number of benzene rings is 2. The third-order valence-electron chi connectivity index (χ3n) is 4.90. The molecule has 4 rings (SSSR count). The number of nitrogens with one attached hydrogen (secondary N) is 1. The van der Waals surface area contributed by atoms with Gasteiger partial charge in [-0.05, 0) is 50.2 Å². The van der Waals surface area contributed by atoms with E-state index in [9.17, 15) is 13.2 Å². The van der Waals surface area contributed by atoms with Crippen LogP contribution in [0.1, 0.15) is 21.7 Å². The monoisotopic (exact) mass is 439 g/mol. The predicted octanol–water partition coefficient (Wildman–Crippen LogP) is 4.41. The van der Waals surface area contributed by atoms with Gasteiger partial charge in [0, 0.05) is 45.3 Å². The largest absolute Gasteiger partial charge is 0.318 e. The summed E-state index contributed by atoms with van der Waals surface area (Å²) >= 11 is 6.10. The lowest BCUT2D eigenvalue weighted by atomic mass is 10.2. The van der Waals surface area contributed by atoms with Crippen molar-refractivity contribution in [1.82, 2.24) is 14.3 Å². The number of pyridine rings is 1. The van der Waals surface area contributed by atoms with E-state index in [2.05, 4.69) is 9.71 Å². The first-order chi connectivity index (χ1) is 14.3. The zero-order valence-corrected chi connectivity index (χ0v) is 17.8. The summed E-state index contributed by atoms with van der Waals surface area (Å²) in [6, 6.07) is 15.4. The van der Waals surface area contributed by atoms with Crippen molar-refractivity contribution >= 4 is 38.3 Å². The molecule has 152 valence electrons. The molecule has 0 aliphatic heterocycles. The molecule has 2 aromatic heterocycles. The molecule has 0 saturated carbocycles. The van der Waals surface area contributed by atoms with Crippen LogP contribution in [-0.4, -0.2) is 23.9 Å². The molecule has 0 saturated heterocycles. The summed E-state index contributed by atoms with van der Waals surface area (Å²) in [6.07, 6.45) is 3.09. The van der Waals surface area contributed by atoms with Gasteiger partial charge in [-0.2, -0.15) is 0 Å². The molecule has 0 bridgehead atoms.